The summed E-state index contributed by atoms with van der Waals surface area (Å²) in [6.45, 7) is 5.89. The van der Waals surface area contributed by atoms with E-state index < -0.39 is 5.54 Å². The lowest BCUT2D eigenvalue weighted by Gasteiger charge is -2.27. The van der Waals surface area contributed by atoms with Crippen LogP contribution in [0.2, 0.25) is 0 Å². The minimum Gasteiger partial charge on any atom is -0.394 e. The number of nitrogens with two attached hydrogens (primary N) is 1. The van der Waals surface area contributed by atoms with Gasteiger partial charge in [-0.15, -0.1) is 0 Å². The maximum absolute atomic E-state index is 11.9. The van der Waals surface area contributed by atoms with Crippen LogP contribution in [-0.4, -0.2) is 29.2 Å². The second-order valence-electron chi connectivity index (χ2n) is 5.54. The Bertz CT molecular complexity index is 247. The van der Waals surface area contributed by atoms with E-state index in [-0.39, 0.29) is 18.6 Å². The molecule has 1 fully saturated rings. The van der Waals surface area contributed by atoms with Crippen LogP contribution in [0, 0.1) is 11.8 Å². The SMILES string of the molecule is CC(C)CC(CO)NC(=O)C(C)(N)C1CC1. The summed E-state index contributed by atoms with van der Waals surface area (Å²) in [5.41, 5.74) is 5.23. The van der Waals surface area contributed by atoms with Gasteiger partial charge in [-0.2, -0.15) is 0 Å². The van der Waals surface area contributed by atoms with E-state index in [1.807, 2.05) is 0 Å². The van der Waals surface area contributed by atoms with Crippen molar-refractivity contribution in [1.29, 1.82) is 0 Å². The van der Waals surface area contributed by atoms with Crippen LogP contribution in [0.1, 0.15) is 40.0 Å². The highest BCUT2D eigenvalue weighted by atomic mass is 16.3. The summed E-state index contributed by atoms with van der Waals surface area (Å²) >= 11 is 0. The standard InChI is InChI=1S/C12H24N2O2/c1-8(2)6-10(7-15)14-11(16)12(3,13)9-4-5-9/h8-10,15H,4-7,13H2,1-3H3,(H,14,16). The molecular formula is C12H24N2O2. The van der Waals surface area contributed by atoms with Crippen molar-refractivity contribution in [3.05, 3.63) is 0 Å². The van der Waals surface area contributed by atoms with Crippen LogP contribution in [0.5, 0.6) is 0 Å². The van der Waals surface area contributed by atoms with Gasteiger partial charge in [0.25, 0.3) is 0 Å². The molecule has 2 unspecified atom stereocenters. The molecule has 16 heavy (non-hydrogen) atoms. The fourth-order valence-corrected chi connectivity index (χ4v) is 1.96. The highest BCUT2D eigenvalue weighted by molar-refractivity contribution is 5.86. The zero-order valence-electron chi connectivity index (χ0n) is 10.5. The van der Waals surface area contributed by atoms with E-state index in [1.165, 1.54) is 0 Å². The van der Waals surface area contributed by atoms with Crippen LogP contribution in [0.4, 0.5) is 0 Å². The number of carbonyl (C=O) groups is 1. The lowest BCUT2D eigenvalue weighted by atomic mass is 9.95. The molecule has 0 aromatic carbocycles. The maximum atomic E-state index is 11.9. The normalized spacial score (nSPS) is 21.6. The number of rotatable bonds is 6. The summed E-state index contributed by atoms with van der Waals surface area (Å²) in [5.74, 6) is 0.628. The van der Waals surface area contributed by atoms with Crippen LogP contribution >= 0.6 is 0 Å². The number of amides is 1. The highest BCUT2D eigenvalue weighted by Gasteiger charge is 2.44. The van der Waals surface area contributed by atoms with Crippen molar-refractivity contribution >= 4 is 5.91 Å². The van der Waals surface area contributed by atoms with Crippen molar-refractivity contribution < 1.29 is 9.90 Å². The molecule has 0 aromatic rings. The summed E-state index contributed by atoms with van der Waals surface area (Å²) in [7, 11) is 0. The second-order valence-corrected chi connectivity index (χ2v) is 5.54. The summed E-state index contributed by atoms with van der Waals surface area (Å²) in [4.78, 5) is 11.9. The van der Waals surface area contributed by atoms with Crippen molar-refractivity contribution in [3.63, 3.8) is 0 Å². The average Bonchev–Trinajstić information content (AvgIpc) is 2.98. The van der Waals surface area contributed by atoms with Crippen molar-refractivity contribution in [2.75, 3.05) is 6.61 Å². The van der Waals surface area contributed by atoms with Gasteiger partial charge in [0.1, 0.15) is 0 Å². The quantitative estimate of drug-likeness (QED) is 0.624. The first-order chi connectivity index (χ1) is 7.37. The zero-order chi connectivity index (χ0) is 12.3. The third kappa shape index (κ3) is 3.46. The summed E-state index contributed by atoms with van der Waals surface area (Å²) in [6.07, 6.45) is 2.85. The molecule has 0 bridgehead atoms. The fraction of sp³-hybridized carbons (Fsp3) is 0.917. The van der Waals surface area contributed by atoms with E-state index >= 15 is 0 Å². The van der Waals surface area contributed by atoms with E-state index in [0.29, 0.717) is 11.8 Å². The Labute approximate surface area is 97.6 Å². The molecule has 4 N–H and O–H groups in total. The predicted molar refractivity (Wildman–Crippen MR) is 63.8 cm³/mol. The molecular weight excluding hydrogens is 204 g/mol. The molecule has 0 aromatic heterocycles. The van der Waals surface area contributed by atoms with Crippen molar-refractivity contribution in [3.8, 4) is 0 Å². The van der Waals surface area contributed by atoms with Gasteiger partial charge in [-0.05, 0) is 38.0 Å². The van der Waals surface area contributed by atoms with Crippen LogP contribution in [0.3, 0.4) is 0 Å². The third-order valence-electron chi connectivity index (χ3n) is 3.23. The molecule has 4 nitrogen and oxygen atoms in total. The molecule has 0 spiro atoms. The van der Waals surface area contributed by atoms with Crippen LogP contribution < -0.4 is 11.1 Å². The number of hydrogen-bond acceptors (Lipinski definition) is 3. The first-order valence-electron chi connectivity index (χ1n) is 6.08. The average molecular weight is 228 g/mol. The van der Waals surface area contributed by atoms with E-state index in [0.717, 1.165) is 19.3 Å². The molecule has 1 aliphatic carbocycles. The van der Waals surface area contributed by atoms with Gasteiger partial charge in [-0.25, -0.2) is 0 Å². The Hall–Kier alpha value is -0.610. The van der Waals surface area contributed by atoms with E-state index in [1.54, 1.807) is 6.92 Å². The van der Waals surface area contributed by atoms with Gasteiger partial charge in [0, 0.05) is 0 Å². The molecule has 94 valence electrons. The molecule has 1 saturated carbocycles. The minimum atomic E-state index is -0.773. The van der Waals surface area contributed by atoms with Crippen molar-refractivity contribution in [2.45, 2.75) is 51.6 Å². The van der Waals surface area contributed by atoms with Gasteiger partial charge in [0.15, 0.2) is 0 Å². The van der Waals surface area contributed by atoms with Gasteiger partial charge in [0.05, 0.1) is 18.2 Å². The van der Waals surface area contributed by atoms with Gasteiger partial charge in [0.2, 0.25) is 5.91 Å². The Morgan fingerprint density at radius 2 is 2.12 bits per heavy atom. The van der Waals surface area contributed by atoms with Crippen LogP contribution in [0.25, 0.3) is 0 Å². The maximum Gasteiger partial charge on any atom is 0.240 e. The molecule has 1 amide bonds. The first-order valence-corrected chi connectivity index (χ1v) is 6.08. The Morgan fingerprint density at radius 1 is 1.56 bits per heavy atom. The first kappa shape index (κ1) is 13.5. The summed E-state index contributed by atoms with van der Waals surface area (Å²) < 4.78 is 0. The lowest BCUT2D eigenvalue weighted by molar-refractivity contribution is -0.127. The van der Waals surface area contributed by atoms with Crippen molar-refractivity contribution in [2.24, 2.45) is 17.6 Å². The molecule has 0 aliphatic heterocycles. The van der Waals surface area contributed by atoms with E-state index in [4.69, 9.17) is 5.73 Å². The monoisotopic (exact) mass is 228 g/mol. The smallest absolute Gasteiger partial charge is 0.240 e. The number of nitrogens with one attached hydrogen (secondary N) is 1. The van der Waals surface area contributed by atoms with Gasteiger partial charge in [-0.1, -0.05) is 13.8 Å². The summed E-state index contributed by atoms with van der Waals surface area (Å²) in [5, 5.41) is 12.0. The summed E-state index contributed by atoms with van der Waals surface area (Å²) in [6, 6.07) is -0.172. The highest BCUT2D eigenvalue weighted by Crippen LogP contribution is 2.38. The molecule has 1 rings (SSSR count). The molecule has 1 aliphatic rings. The molecule has 0 saturated heterocycles. The molecule has 0 radical (unpaired) electrons. The molecule has 0 heterocycles. The molecule has 4 heteroatoms. The predicted octanol–water partition coefficient (Wildman–Crippen LogP) is 0.637. The zero-order valence-corrected chi connectivity index (χ0v) is 10.5. The lowest BCUT2D eigenvalue weighted by Crippen LogP contribution is -2.56. The topological polar surface area (TPSA) is 75.3 Å². The minimum absolute atomic E-state index is 0.0231. The van der Waals surface area contributed by atoms with Gasteiger partial charge >= 0.3 is 0 Å². The number of hydrogen-bond donors (Lipinski definition) is 3. The van der Waals surface area contributed by atoms with Gasteiger partial charge < -0.3 is 16.2 Å². The van der Waals surface area contributed by atoms with E-state index in [9.17, 15) is 9.90 Å². The largest absolute Gasteiger partial charge is 0.394 e. The Morgan fingerprint density at radius 3 is 2.50 bits per heavy atom. The van der Waals surface area contributed by atoms with Crippen LogP contribution in [0.15, 0.2) is 0 Å². The van der Waals surface area contributed by atoms with E-state index in [2.05, 4.69) is 19.2 Å². The Balaban J connectivity index is 2.47. The number of carbonyl (C=O) groups excluding carboxylic acids is 1. The van der Waals surface area contributed by atoms with Crippen molar-refractivity contribution in [1.82, 2.24) is 5.32 Å². The fourth-order valence-electron chi connectivity index (χ4n) is 1.96. The third-order valence-corrected chi connectivity index (χ3v) is 3.23. The number of aliphatic hydroxyl groups is 1. The molecule has 2 atom stereocenters. The van der Waals surface area contributed by atoms with Gasteiger partial charge in [-0.3, -0.25) is 4.79 Å². The second kappa shape index (κ2) is 5.15. The van der Waals surface area contributed by atoms with Crippen LogP contribution in [-0.2, 0) is 4.79 Å². The Kier molecular flexibility index (Phi) is 4.33. The number of aliphatic hydroxyl groups excluding tert-OH is 1.